The van der Waals surface area contributed by atoms with Crippen molar-refractivity contribution < 1.29 is 0 Å². The van der Waals surface area contributed by atoms with Crippen molar-refractivity contribution in [2.24, 2.45) is 0 Å². The summed E-state index contributed by atoms with van der Waals surface area (Å²) in [4.78, 5) is 6.24. The predicted octanol–water partition coefficient (Wildman–Crippen LogP) is 4.74. The van der Waals surface area contributed by atoms with Gasteiger partial charge in [0.25, 0.3) is 0 Å². The van der Waals surface area contributed by atoms with E-state index in [1.54, 1.807) is 0 Å². The summed E-state index contributed by atoms with van der Waals surface area (Å²) < 4.78 is 0. The molecule has 1 heterocycles. The molecule has 1 aromatic heterocycles. The first kappa shape index (κ1) is 15.2. The summed E-state index contributed by atoms with van der Waals surface area (Å²) in [5.41, 5.74) is 3.75. The molecule has 0 radical (unpaired) electrons. The molecule has 20 heavy (non-hydrogen) atoms. The number of nitrogens with one attached hydrogen (secondary N) is 1. The molecule has 0 fully saturated rings. The van der Waals surface area contributed by atoms with Gasteiger partial charge >= 0.3 is 0 Å². The molecule has 1 N–H and O–H groups in total. The second kappa shape index (κ2) is 6.51. The van der Waals surface area contributed by atoms with Crippen LogP contribution in [-0.4, -0.2) is 11.0 Å². The number of aromatic nitrogens is 1. The summed E-state index contributed by atoms with van der Waals surface area (Å²) in [5.74, 6) is 0.466. The van der Waals surface area contributed by atoms with Crippen molar-refractivity contribution >= 4 is 11.3 Å². The van der Waals surface area contributed by atoms with Crippen LogP contribution in [-0.2, 0) is 6.54 Å². The highest BCUT2D eigenvalue weighted by Crippen LogP contribution is 2.32. The van der Waals surface area contributed by atoms with Crippen LogP contribution in [0.2, 0.25) is 0 Å². The summed E-state index contributed by atoms with van der Waals surface area (Å²) in [7, 11) is 0. The standard InChI is InChI=1S/C17H24N2S/c1-11(2)16-15(10-18-12(3)4)20-17(19-16)14-8-6-7-13(5)9-14/h6-9,11-12,18H,10H2,1-5H3. The highest BCUT2D eigenvalue weighted by molar-refractivity contribution is 7.15. The Labute approximate surface area is 126 Å². The van der Waals surface area contributed by atoms with Gasteiger partial charge in [0.15, 0.2) is 0 Å². The molecule has 0 spiro atoms. The average molecular weight is 288 g/mol. The van der Waals surface area contributed by atoms with Gasteiger partial charge in [-0.05, 0) is 18.9 Å². The number of benzene rings is 1. The molecular weight excluding hydrogens is 264 g/mol. The van der Waals surface area contributed by atoms with E-state index < -0.39 is 0 Å². The van der Waals surface area contributed by atoms with Crippen LogP contribution >= 0.6 is 11.3 Å². The van der Waals surface area contributed by atoms with Gasteiger partial charge in [0.1, 0.15) is 5.01 Å². The third-order valence-corrected chi connectivity index (χ3v) is 4.33. The maximum atomic E-state index is 4.88. The van der Waals surface area contributed by atoms with Crippen LogP contribution in [0.5, 0.6) is 0 Å². The number of nitrogens with zero attached hydrogens (tertiary/aromatic N) is 1. The predicted molar refractivity (Wildman–Crippen MR) is 88.4 cm³/mol. The lowest BCUT2D eigenvalue weighted by Gasteiger charge is -2.09. The largest absolute Gasteiger partial charge is 0.310 e. The average Bonchev–Trinajstić information content (AvgIpc) is 2.80. The summed E-state index contributed by atoms with van der Waals surface area (Å²) in [6, 6.07) is 9.09. The van der Waals surface area contributed by atoms with Crippen LogP contribution in [0.3, 0.4) is 0 Å². The maximum absolute atomic E-state index is 4.88. The van der Waals surface area contributed by atoms with Crippen LogP contribution in [0.4, 0.5) is 0 Å². The lowest BCUT2D eigenvalue weighted by Crippen LogP contribution is -2.22. The molecule has 3 heteroatoms. The third-order valence-electron chi connectivity index (χ3n) is 3.21. The Balaban J connectivity index is 2.33. The molecule has 0 aliphatic heterocycles. The Morgan fingerprint density at radius 3 is 2.55 bits per heavy atom. The highest BCUT2D eigenvalue weighted by Gasteiger charge is 2.15. The van der Waals surface area contributed by atoms with Gasteiger partial charge in [0.05, 0.1) is 5.69 Å². The monoisotopic (exact) mass is 288 g/mol. The summed E-state index contributed by atoms with van der Waals surface area (Å²) in [6.07, 6.45) is 0. The minimum Gasteiger partial charge on any atom is -0.310 e. The number of aryl methyl sites for hydroxylation is 1. The number of hydrogen-bond donors (Lipinski definition) is 1. The molecule has 0 aliphatic rings. The maximum Gasteiger partial charge on any atom is 0.123 e. The molecule has 0 saturated carbocycles. The first-order valence-corrected chi connectivity index (χ1v) is 8.09. The normalized spacial score (nSPS) is 11.6. The number of thiazole rings is 1. The fraction of sp³-hybridized carbons (Fsp3) is 0.471. The van der Waals surface area contributed by atoms with Gasteiger partial charge in [0.2, 0.25) is 0 Å². The molecule has 0 atom stereocenters. The van der Waals surface area contributed by atoms with Crippen LogP contribution < -0.4 is 5.32 Å². The lowest BCUT2D eigenvalue weighted by atomic mass is 10.1. The first-order valence-electron chi connectivity index (χ1n) is 7.27. The Bertz CT molecular complexity index is 570. The van der Waals surface area contributed by atoms with E-state index in [4.69, 9.17) is 4.98 Å². The van der Waals surface area contributed by atoms with Gasteiger partial charge in [-0.3, -0.25) is 0 Å². The van der Waals surface area contributed by atoms with Gasteiger partial charge < -0.3 is 5.32 Å². The van der Waals surface area contributed by atoms with Crippen molar-refractivity contribution in [2.75, 3.05) is 0 Å². The van der Waals surface area contributed by atoms with E-state index in [1.807, 2.05) is 11.3 Å². The minimum absolute atomic E-state index is 0.466. The molecule has 2 nitrogen and oxygen atoms in total. The molecule has 2 rings (SSSR count). The molecule has 0 bridgehead atoms. The van der Waals surface area contributed by atoms with Gasteiger partial charge in [-0.2, -0.15) is 0 Å². The fourth-order valence-electron chi connectivity index (χ4n) is 2.14. The van der Waals surface area contributed by atoms with Crippen molar-refractivity contribution in [3.8, 4) is 10.6 Å². The fourth-order valence-corrected chi connectivity index (χ4v) is 3.30. The molecule has 2 aromatic rings. The Morgan fingerprint density at radius 1 is 1.20 bits per heavy atom. The smallest absolute Gasteiger partial charge is 0.123 e. The summed E-state index contributed by atoms with van der Waals surface area (Å²) in [6.45, 7) is 11.8. The lowest BCUT2D eigenvalue weighted by molar-refractivity contribution is 0.588. The third kappa shape index (κ3) is 3.68. The molecule has 108 valence electrons. The molecule has 0 amide bonds. The highest BCUT2D eigenvalue weighted by atomic mass is 32.1. The van der Waals surface area contributed by atoms with Gasteiger partial charge in [-0.25, -0.2) is 4.98 Å². The van der Waals surface area contributed by atoms with Crippen molar-refractivity contribution in [3.05, 3.63) is 40.4 Å². The Kier molecular flexibility index (Phi) is 4.95. The van der Waals surface area contributed by atoms with Gasteiger partial charge in [-0.1, -0.05) is 51.5 Å². The zero-order chi connectivity index (χ0) is 14.7. The first-order chi connectivity index (χ1) is 9.47. The SMILES string of the molecule is Cc1cccc(-c2nc(C(C)C)c(CNC(C)C)s2)c1. The van der Waals surface area contributed by atoms with E-state index >= 15 is 0 Å². The zero-order valence-electron chi connectivity index (χ0n) is 13.0. The molecule has 0 saturated heterocycles. The van der Waals surface area contributed by atoms with Crippen molar-refractivity contribution in [1.29, 1.82) is 0 Å². The molecular formula is C17H24N2S. The summed E-state index contributed by atoms with van der Waals surface area (Å²) in [5, 5.41) is 4.64. The zero-order valence-corrected chi connectivity index (χ0v) is 13.8. The Hall–Kier alpha value is -1.19. The second-order valence-electron chi connectivity index (χ2n) is 5.89. The van der Waals surface area contributed by atoms with E-state index in [9.17, 15) is 0 Å². The van der Waals surface area contributed by atoms with Gasteiger partial charge in [0, 0.05) is 23.0 Å². The Morgan fingerprint density at radius 2 is 1.95 bits per heavy atom. The van der Waals surface area contributed by atoms with Crippen LogP contribution in [0, 0.1) is 6.92 Å². The topological polar surface area (TPSA) is 24.9 Å². The molecule has 0 unspecified atom stereocenters. The van der Waals surface area contributed by atoms with E-state index in [-0.39, 0.29) is 0 Å². The summed E-state index contributed by atoms with van der Waals surface area (Å²) >= 11 is 1.82. The van der Waals surface area contributed by atoms with E-state index in [1.165, 1.54) is 21.7 Å². The second-order valence-corrected chi connectivity index (χ2v) is 6.97. The number of rotatable bonds is 5. The van der Waals surface area contributed by atoms with Crippen molar-refractivity contribution in [2.45, 2.75) is 53.1 Å². The van der Waals surface area contributed by atoms with E-state index in [0.717, 1.165) is 11.6 Å². The minimum atomic E-state index is 0.466. The molecule has 1 aromatic carbocycles. The van der Waals surface area contributed by atoms with Crippen molar-refractivity contribution in [1.82, 2.24) is 10.3 Å². The number of hydrogen-bond acceptors (Lipinski definition) is 3. The quantitative estimate of drug-likeness (QED) is 0.859. The van der Waals surface area contributed by atoms with E-state index in [0.29, 0.717) is 12.0 Å². The van der Waals surface area contributed by atoms with Crippen LogP contribution in [0.15, 0.2) is 24.3 Å². The van der Waals surface area contributed by atoms with Crippen LogP contribution in [0.1, 0.15) is 49.7 Å². The molecule has 0 aliphatic carbocycles. The van der Waals surface area contributed by atoms with E-state index in [2.05, 4.69) is 64.2 Å². The van der Waals surface area contributed by atoms with Crippen LogP contribution in [0.25, 0.3) is 10.6 Å². The van der Waals surface area contributed by atoms with Crippen molar-refractivity contribution in [3.63, 3.8) is 0 Å². The van der Waals surface area contributed by atoms with Gasteiger partial charge in [-0.15, -0.1) is 11.3 Å².